The van der Waals surface area contributed by atoms with Gasteiger partial charge in [0.2, 0.25) is 5.91 Å². The number of hydrogen-bond acceptors (Lipinski definition) is 4. The summed E-state index contributed by atoms with van der Waals surface area (Å²) in [6, 6.07) is 7.10. The largest absolute Gasteiger partial charge is 0.465 e. The molecule has 2 aromatic rings. The monoisotopic (exact) mass is 303 g/mol. The van der Waals surface area contributed by atoms with Gasteiger partial charge in [-0.15, -0.1) is 0 Å². The van der Waals surface area contributed by atoms with Crippen molar-refractivity contribution in [1.29, 1.82) is 0 Å². The highest BCUT2D eigenvalue weighted by Crippen LogP contribution is 2.18. The van der Waals surface area contributed by atoms with E-state index in [0.717, 1.165) is 17.7 Å². The zero-order valence-corrected chi connectivity index (χ0v) is 12.8. The molecule has 0 spiro atoms. The third-order valence-corrected chi connectivity index (χ3v) is 3.87. The maximum Gasteiger partial charge on any atom is 0.337 e. The summed E-state index contributed by atoms with van der Waals surface area (Å²) in [5, 5.41) is 6.92. The molecular weight excluding hydrogens is 286 g/mol. The van der Waals surface area contributed by atoms with E-state index in [9.17, 15) is 9.59 Å². The van der Waals surface area contributed by atoms with Crippen molar-refractivity contribution in [3.8, 4) is 0 Å². The first-order valence-corrected chi connectivity index (χ1v) is 7.54. The van der Waals surface area contributed by atoms with Gasteiger partial charge in [-0.1, -0.05) is 0 Å². The number of hydrogen-bond donors (Lipinski definition) is 1. The maximum absolute atomic E-state index is 11.9. The van der Waals surface area contributed by atoms with Crippen LogP contribution in [-0.4, -0.2) is 19.0 Å². The fourth-order valence-electron chi connectivity index (χ4n) is 1.95. The van der Waals surface area contributed by atoms with Crippen molar-refractivity contribution in [2.45, 2.75) is 19.8 Å². The average Bonchev–Trinajstić information content (AvgIpc) is 2.99. The summed E-state index contributed by atoms with van der Waals surface area (Å²) < 4.78 is 4.67. The van der Waals surface area contributed by atoms with E-state index in [1.165, 1.54) is 12.7 Å². The summed E-state index contributed by atoms with van der Waals surface area (Å²) in [6.45, 7) is 1.85. The van der Waals surface area contributed by atoms with Crippen LogP contribution >= 0.6 is 11.3 Å². The van der Waals surface area contributed by atoms with E-state index in [-0.39, 0.29) is 11.9 Å². The van der Waals surface area contributed by atoms with Crippen LogP contribution in [0.2, 0.25) is 0 Å². The number of nitrogens with one attached hydrogen (secondary N) is 1. The number of amides is 1. The molecule has 0 bridgehead atoms. The van der Waals surface area contributed by atoms with Crippen molar-refractivity contribution in [3.63, 3.8) is 0 Å². The lowest BCUT2D eigenvalue weighted by Crippen LogP contribution is -2.13. The molecule has 0 aliphatic rings. The van der Waals surface area contributed by atoms with Gasteiger partial charge in [-0.3, -0.25) is 4.79 Å². The van der Waals surface area contributed by atoms with Crippen molar-refractivity contribution < 1.29 is 14.3 Å². The normalized spacial score (nSPS) is 10.2. The Balaban J connectivity index is 1.96. The van der Waals surface area contributed by atoms with Crippen LogP contribution in [0.25, 0.3) is 0 Å². The molecule has 1 aromatic carbocycles. The van der Waals surface area contributed by atoms with Crippen molar-refractivity contribution in [1.82, 2.24) is 0 Å². The number of thiophene rings is 1. The number of ether oxygens (including phenoxy) is 1. The molecule has 0 saturated heterocycles. The maximum atomic E-state index is 11.9. The van der Waals surface area contributed by atoms with Gasteiger partial charge in [-0.05, 0) is 59.5 Å². The Morgan fingerprint density at radius 3 is 2.71 bits per heavy atom. The summed E-state index contributed by atoms with van der Waals surface area (Å²) in [5.41, 5.74) is 3.21. The number of carbonyl (C=O) groups excluding carboxylic acids is 2. The molecule has 1 aromatic heterocycles. The van der Waals surface area contributed by atoms with Gasteiger partial charge in [-0.2, -0.15) is 11.3 Å². The van der Waals surface area contributed by atoms with E-state index in [2.05, 4.69) is 10.1 Å². The Hall–Kier alpha value is -2.14. The van der Waals surface area contributed by atoms with E-state index in [0.29, 0.717) is 12.0 Å². The molecule has 0 radical (unpaired) electrons. The van der Waals surface area contributed by atoms with Gasteiger partial charge >= 0.3 is 5.97 Å². The van der Waals surface area contributed by atoms with Crippen LogP contribution in [0, 0.1) is 6.92 Å². The first-order valence-electron chi connectivity index (χ1n) is 6.60. The molecule has 4 nitrogen and oxygen atoms in total. The van der Waals surface area contributed by atoms with Crippen LogP contribution < -0.4 is 5.32 Å². The topological polar surface area (TPSA) is 55.4 Å². The van der Waals surface area contributed by atoms with E-state index < -0.39 is 0 Å². The highest BCUT2D eigenvalue weighted by atomic mass is 32.1. The highest BCUT2D eigenvalue weighted by Gasteiger charge is 2.09. The van der Waals surface area contributed by atoms with E-state index in [4.69, 9.17) is 0 Å². The van der Waals surface area contributed by atoms with Crippen LogP contribution in [0.5, 0.6) is 0 Å². The number of rotatable bonds is 5. The van der Waals surface area contributed by atoms with Crippen LogP contribution in [0.4, 0.5) is 5.69 Å². The van der Waals surface area contributed by atoms with Crippen molar-refractivity contribution in [2.75, 3.05) is 12.4 Å². The standard InChI is InChI=1S/C16H17NO3S/c1-11-9-13(16(19)20-2)4-5-14(11)17-15(18)6-3-12-7-8-21-10-12/h4-5,7-10H,3,6H2,1-2H3,(H,17,18). The van der Waals surface area contributed by atoms with Gasteiger partial charge < -0.3 is 10.1 Å². The fourth-order valence-corrected chi connectivity index (χ4v) is 2.66. The number of esters is 1. The Morgan fingerprint density at radius 1 is 1.29 bits per heavy atom. The van der Waals surface area contributed by atoms with Gasteiger partial charge in [0.15, 0.2) is 0 Å². The molecule has 2 rings (SSSR count). The molecule has 110 valence electrons. The predicted octanol–water partition coefficient (Wildman–Crippen LogP) is 3.41. The molecule has 21 heavy (non-hydrogen) atoms. The van der Waals surface area contributed by atoms with Crippen molar-refractivity contribution in [2.24, 2.45) is 0 Å². The van der Waals surface area contributed by atoms with Gasteiger partial charge in [0.1, 0.15) is 0 Å². The number of methoxy groups -OCH3 is 1. The first kappa shape index (κ1) is 15.3. The van der Waals surface area contributed by atoms with Gasteiger partial charge in [0.05, 0.1) is 12.7 Å². The van der Waals surface area contributed by atoms with E-state index in [1.807, 2.05) is 23.8 Å². The molecule has 5 heteroatoms. The molecule has 0 saturated carbocycles. The van der Waals surface area contributed by atoms with Crippen molar-refractivity contribution >= 4 is 28.9 Å². The Labute approximate surface area is 127 Å². The average molecular weight is 303 g/mol. The number of anilines is 1. The molecule has 1 heterocycles. The summed E-state index contributed by atoms with van der Waals surface area (Å²) in [4.78, 5) is 23.4. The van der Waals surface area contributed by atoms with Crippen LogP contribution in [0.3, 0.4) is 0 Å². The quantitative estimate of drug-likeness (QED) is 0.861. The predicted molar refractivity (Wildman–Crippen MR) is 83.8 cm³/mol. The second kappa shape index (κ2) is 7.04. The zero-order valence-electron chi connectivity index (χ0n) is 12.0. The van der Waals surface area contributed by atoms with Gasteiger partial charge in [-0.25, -0.2) is 4.79 Å². The molecule has 0 fully saturated rings. The zero-order chi connectivity index (χ0) is 15.2. The molecule has 0 atom stereocenters. The number of aryl methyl sites for hydroxylation is 2. The van der Waals surface area contributed by atoms with Gasteiger partial charge in [0.25, 0.3) is 0 Å². The van der Waals surface area contributed by atoms with Crippen LogP contribution in [-0.2, 0) is 16.0 Å². The van der Waals surface area contributed by atoms with E-state index >= 15 is 0 Å². The Morgan fingerprint density at radius 2 is 2.10 bits per heavy atom. The Bertz CT molecular complexity index is 635. The molecular formula is C16H17NO3S. The fraction of sp³-hybridized carbons (Fsp3) is 0.250. The molecule has 0 unspecified atom stereocenters. The minimum Gasteiger partial charge on any atom is -0.465 e. The second-order valence-electron chi connectivity index (χ2n) is 4.70. The second-order valence-corrected chi connectivity index (χ2v) is 5.48. The van der Waals surface area contributed by atoms with Crippen molar-refractivity contribution in [3.05, 3.63) is 51.7 Å². The first-order chi connectivity index (χ1) is 10.1. The van der Waals surface area contributed by atoms with Crippen LogP contribution in [0.1, 0.15) is 27.9 Å². The molecule has 0 aliphatic carbocycles. The van der Waals surface area contributed by atoms with E-state index in [1.54, 1.807) is 29.5 Å². The Kier molecular flexibility index (Phi) is 5.11. The lowest BCUT2D eigenvalue weighted by molar-refractivity contribution is -0.116. The lowest BCUT2D eigenvalue weighted by Gasteiger charge is -2.09. The third kappa shape index (κ3) is 4.16. The smallest absolute Gasteiger partial charge is 0.337 e. The highest BCUT2D eigenvalue weighted by molar-refractivity contribution is 7.07. The van der Waals surface area contributed by atoms with Gasteiger partial charge in [0, 0.05) is 12.1 Å². The lowest BCUT2D eigenvalue weighted by atomic mass is 10.1. The van der Waals surface area contributed by atoms with Crippen LogP contribution in [0.15, 0.2) is 35.0 Å². The summed E-state index contributed by atoms with van der Waals surface area (Å²) in [5.74, 6) is -0.413. The summed E-state index contributed by atoms with van der Waals surface area (Å²) in [7, 11) is 1.35. The number of benzene rings is 1. The molecule has 1 N–H and O–H groups in total. The minimum absolute atomic E-state index is 0.0323. The third-order valence-electron chi connectivity index (χ3n) is 3.14. The molecule has 0 aliphatic heterocycles. The summed E-state index contributed by atoms with van der Waals surface area (Å²) >= 11 is 1.63. The molecule has 1 amide bonds. The minimum atomic E-state index is -0.381. The SMILES string of the molecule is COC(=O)c1ccc(NC(=O)CCc2ccsc2)c(C)c1. The number of carbonyl (C=O) groups is 2. The summed E-state index contributed by atoms with van der Waals surface area (Å²) in [6.07, 6.45) is 1.17.